The van der Waals surface area contributed by atoms with Crippen LogP contribution in [0.1, 0.15) is 0 Å². The standard InChI is InChI=1S/C63H36N6O2/c1-2-11-48(12-3-1)69-57-49-13-5-4-10-37(49)26-30-51(57)52-31-27-42-36-45(28-29-50(42)58(52)69)61-67-59(43-22-18-40-34-46(24-20-38(40)32-43)62-64-53-14-6-8-16-55(53)70-62)66-60(68-61)44-23-19-41-35-47(25-21-39(41)33-44)63-65-54-15-7-9-17-56(54)71-63/h1-36H. The molecule has 0 atom stereocenters. The van der Waals surface area contributed by atoms with Crippen molar-refractivity contribution in [2.24, 2.45) is 0 Å². The number of benzene rings is 11. The molecule has 15 rings (SSSR count). The lowest BCUT2D eigenvalue weighted by atomic mass is 10.0. The van der Waals surface area contributed by atoms with E-state index in [1.54, 1.807) is 0 Å². The highest BCUT2D eigenvalue weighted by Gasteiger charge is 2.20. The molecule has 0 unspecified atom stereocenters. The zero-order valence-corrected chi connectivity index (χ0v) is 37.8. The van der Waals surface area contributed by atoms with Gasteiger partial charge in [-0.15, -0.1) is 0 Å². The molecule has 0 spiro atoms. The van der Waals surface area contributed by atoms with Gasteiger partial charge in [-0.3, -0.25) is 0 Å². The molecule has 0 saturated heterocycles. The van der Waals surface area contributed by atoms with E-state index < -0.39 is 0 Å². The lowest BCUT2D eigenvalue weighted by Gasteiger charge is -2.12. The zero-order chi connectivity index (χ0) is 46.6. The fourth-order valence-electron chi connectivity index (χ4n) is 10.4. The quantitative estimate of drug-likeness (QED) is 0.164. The molecule has 8 heteroatoms. The predicted molar refractivity (Wildman–Crippen MR) is 287 cm³/mol. The largest absolute Gasteiger partial charge is 0.436 e. The second kappa shape index (κ2) is 15.4. The van der Waals surface area contributed by atoms with Crippen LogP contribution in [0.4, 0.5) is 0 Å². The number of aromatic nitrogens is 6. The maximum atomic E-state index is 6.13. The van der Waals surface area contributed by atoms with Crippen molar-refractivity contribution in [1.29, 1.82) is 0 Å². The first-order chi connectivity index (χ1) is 35.1. The third-order valence-corrected chi connectivity index (χ3v) is 13.8. The highest BCUT2D eigenvalue weighted by Crippen LogP contribution is 2.41. The lowest BCUT2D eigenvalue weighted by Crippen LogP contribution is -2.00. The monoisotopic (exact) mass is 908 g/mol. The summed E-state index contributed by atoms with van der Waals surface area (Å²) >= 11 is 0. The summed E-state index contributed by atoms with van der Waals surface area (Å²) in [6.07, 6.45) is 0. The first-order valence-corrected chi connectivity index (χ1v) is 23.6. The van der Waals surface area contributed by atoms with Gasteiger partial charge < -0.3 is 13.4 Å². The van der Waals surface area contributed by atoms with Crippen LogP contribution in [0.25, 0.3) is 150 Å². The molecule has 0 fully saturated rings. The van der Waals surface area contributed by atoms with E-state index in [0.29, 0.717) is 29.3 Å². The van der Waals surface area contributed by atoms with Crippen molar-refractivity contribution >= 4 is 87.1 Å². The van der Waals surface area contributed by atoms with Crippen LogP contribution < -0.4 is 0 Å². The molecule has 11 aromatic carbocycles. The Bertz CT molecular complexity index is 4420. The van der Waals surface area contributed by atoms with E-state index in [0.717, 1.165) is 93.5 Å². The van der Waals surface area contributed by atoms with Crippen molar-refractivity contribution < 1.29 is 8.83 Å². The minimum Gasteiger partial charge on any atom is -0.436 e. The molecule has 15 aromatic rings. The van der Waals surface area contributed by atoms with Crippen LogP contribution in [-0.4, -0.2) is 29.5 Å². The molecule has 0 N–H and O–H groups in total. The van der Waals surface area contributed by atoms with Crippen molar-refractivity contribution in [2.45, 2.75) is 0 Å². The summed E-state index contributed by atoms with van der Waals surface area (Å²) in [5.74, 6) is 2.92. The topological polar surface area (TPSA) is 95.7 Å². The summed E-state index contributed by atoms with van der Waals surface area (Å²) in [4.78, 5) is 25.2. The molecule has 330 valence electrons. The van der Waals surface area contributed by atoms with E-state index in [1.807, 2.05) is 48.5 Å². The normalized spacial score (nSPS) is 11.9. The van der Waals surface area contributed by atoms with Crippen molar-refractivity contribution in [3.63, 3.8) is 0 Å². The molecule has 8 nitrogen and oxygen atoms in total. The molecule has 0 bridgehead atoms. The summed E-state index contributed by atoms with van der Waals surface area (Å²) in [6, 6.07) is 75.8. The van der Waals surface area contributed by atoms with E-state index in [1.165, 1.54) is 27.1 Å². The number of hydrogen-bond donors (Lipinski definition) is 0. The van der Waals surface area contributed by atoms with Gasteiger partial charge in [0.15, 0.2) is 28.6 Å². The van der Waals surface area contributed by atoms with E-state index >= 15 is 0 Å². The molecule has 0 radical (unpaired) electrons. The number of nitrogens with zero attached hydrogens (tertiary/aromatic N) is 6. The second-order valence-electron chi connectivity index (χ2n) is 18.1. The van der Waals surface area contributed by atoms with Gasteiger partial charge in [0.25, 0.3) is 0 Å². The van der Waals surface area contributed by atoms with Crippen molar-refractivity contribution in [3.05, 3.63) is 218 Å². The average Bonchev–Trinajstić information content (AvgIpc) is 4.17. The van der Waals surface area contributed by atoms with Crippen LogP contribution in [0, 0.1) is 0 Å². The summed E-state index contributed by atoms with van der Waals surface area (Å²) < 4.78 is 14.7. The zero-order valence-electron chi connectivity index (χ0n) is 37.8. The predicted octanol–water partition coefficient (Wildman–Crippen LogP) is 16.2. The Morgan fingerprint density at radius 3 is 1.23 bits per heavy atom. The molecule has 0 aliphatic carbocycles. The van der Waals surface area contributed by atoms with Crippen LogP contribution in [0.15, 0.2) is 227 Å². The Balaban J connectivity index is 0.881. The molecule has 4 aromatic heterocycles. The van der Waals surface area contributed by atoms with Crippen LogP contribution in [0.3, 0.4) is 0 Å². The van der Waals surface area contributed by atoms with Gasteiger partial charge in [-0.2, -0.15) is 0 Å². The highest BCUT2D eigenvalue weighted by atomic mass is 16.4. The minimum atomic E-state index is 0.577. The molecule has 0 amide bonds. The van der Waals surface area contributed by atoms with Crippen molar-refractivity contribution in [2.75, 3.05) is 0 Å². The third-order valence-electron chi connectivity index (χ3n) is 13.8. The highest BCUT2D eigenvalue weighted by molar-refractivity contribution is 6.24. The van der Waals surface area contributed by atoms with Crippen LogP contribution >= 0.6 is 0 Å². The van der Waals surface area contributed by atoms with Crippen LogP contribution in [-0.2, 0) is 0 Å². The number of rotatable bonds is 6. The smallest absolute Gasteiger partial charge is 0.227 e. The number of para-hydroxylation sites is 5. The molecule has 0 aliphatic heterocycles. The van der Waals surface area contributed by atoms with Gasteiger partial charge in [-0.25, -0.2) is 24.9 Å². The molecule has 0 aliphatic rings. The van der Waals surface area contributed by atoms with E-state index in [9.17, 15) is 0 Å². The maximum absolute atomic E-state index is 6.13. The first kappa shape index (κ1) is 39.2. The van der Waals surface area contributed by atoms with Gasteiger partial charge in [0, 0.05) is 55.0 Å². The van der Waals surface area contributed by atoms with Gasteiger partial charge in [-0.05, 0) is 111 Å². The van der Waals surface area contributed by atoms with E-state index in [-0.39, 0.29) is 0 Å². The van der Waals surface area contributed by atoms with Crippen molar-refractivity contribution in [1.82, 2.24) is 29.5 Å². The Kier molecular flexibility index (Phi) is 8.49. The number of hydrogen-bond acceptors (Lipinski definition) is 7. The fourth-order valence-corrected chi connectivity index (χ4v) is 10.4. The summed E-state index contributed by atoms with van der Waals surface area (Å²) in [5, 5.41) is 11.3. The third kappa shape index (κ3) is 6.42. The number of fused-ring (bicyclic) bond motifs is 11. The number of oxazole rings is 2. The molecule has 71 heavy (non-hydrogen) atoms. The van der Waals surface area contributed by atoms with Gasteiger partial charge in [0.1, 0.15) is 11.0 Å². The van der Waals surface area contributed by atoms with Crippen LogP contribution in [0.5, 0.6) is 0 Å². The maximum Gasteiger partial charge on any atom is 0.227 e. The summed E-state index contributed by atoms with van der Waals surface area (Å²) in [7, 11) is 0. The lowest BCUT2D eigenvalue weighted by molar-refractivity contribution is 0.619. The minimum absolute atomic E-state index is 0.577. The van der Waals surface area contributed by atoms with E-state index in [4.69, 9.17) is 33.8 Å². The SMILES string of the molecule is c1ccc(-n2c3c4ccccc4ccc3c3ccc4cc(-c5nc(-c6ccc7cc(-c8nc9ccccc9o8)ccc7c6)nc(-c6ccc7cc(-c8nc9ccccc9o8)ccc7c6)n5)ccc4c32)cc1. The molecular formula is C63H36N6O2. The summed E-state index contributed by atoms with van der Waals surface area (Å²) in [6.45, 7) is 0. The molecule has 0 saturated carbocycles. The van der Waals surface area contributed by atoms with Gasteiger partial charge in [0.05, 0.1) is 11.0 Å². The first-order valence-electron chi connectivity index (χ1n) is 23.6. The van der Waals surface area contributed by atoms with Gasteiger partial charge >= 0.3 is 0 Å². The van der Waals surface area contributed by atoms with E-state index in [2.05, 4.69) is 174 Å². The van der Waals surface area contributed by atoms with Gasteiger partial charge in [0.2, 0.25) is 11.8 Å². The fraction of sp³-hybridized carbons (Fsp3) is 0. The summed E-state index contributed by atoms with van der Waals surface area (Å²) in [5.41, 5.74) is 11.1. The molecule has 4 heterocycles. The van der Waals surface area contributed by atoms with Gasteiger partial charge in [-0.1, -0.05) is 140 Å². The Morgan fingerprint density at radius 2 is 0.676 bits per heavy atom. The van der Waals surface area contributed by atoms with Crippen LogP contribution in [0.2, 0.25) is 0 Å². The Labute approximate surface area is 404 Å². The molecular weight excluding hydrogens is 873 g/mol. The Morgan fingerprint density at radius 1 is 0.282 bits per heavy atom. The Hall–Kier alpha value is -9.79. The van der Waals surface area contributed by atoms with Crippen molar-refractivity contribution in [3.8, 4) is 62.8 Å². The second-order valence-corrected chi connectivity index (χ2v) is 18.1. The average molecular weight is 909 g/mol.